The van der Waals surface area contributed by atoms with Crippen molar-refractivity contribution in [3.8, 4) is 0 Å². The van der Waals surface area contributed by atoms with Crippen molar-refractivity contribution in [2.75, 3.05) is 0 Å². The highest BCUT2D eigenvalue weighted by Gasteiger charge is 2.38. The quantitative estimate of drug-likeness (QED) is 0.543. The lowest BCUT2D eigenvalue weighted by molar-refractivity contribution is -0.121. The van der Waals surface area contributed by atoms with Gasteiger partial charge in [0.15, 0.2) is 11.6 Å². The second kappa shape index (κ2) is 5.89. The zero-order valence-electron chi connectivity index (χ0n) is 10.7. The van der Waals surface area contributed by atoms with Gasteiger partial charge in [0.1, 0.15) is 6.29 Å². The minimum absolute atomic E-state index is 0.0142. The summed E-state index contributed by atoms with van der Waals surface area (Å²) in [6, 6.07) is 0. The molecule has 3 unspecified atom stereocenters. The molecule has 0 saturated heterocycles. The largest absolute Gasteiger partial charge is 0.303 e. The number of rotatable bonds is 5. The van der Waals surface area contributed by atoms with Crippen LogP contribution in [-0.2, 0) is 14.4 Å². The van der Waals surface area contributed by atoms with Gasteiger partial charge in [-0.2, -0.15) is 0 Å². The first-order chi connectivity index (χ1) is 7.97. The lowest BCUT2D eigenvalue weighted by Gasteiger charge is -2.21. The summed E-state index contributed by atoms with van der Waals surface area (Å²) >= 11 is 0. The zero-order valence-corrected chi connectivity index (χ0v) is 10.7. The molecule has 94 valence electrons. The molecule has 0 radical (unpaired) electrons. The first-order valence-electron chi connectivity index (χ1n) is 6.15. The smallest absolute Gasteiger partial charge is 0.158 e. The second-order valence-electron chi connectivity index (χ2n) is 5.07. The number of allylic oxidation sites excluding steroid dienone is 2. The first-order valence-corrected chi connectivity index (χ1v) is 6.15. The Morgan fingerprint density at radius 1 is 1.24 bits per heavy atom. The van der Waals surface area contributed by atoms with Crippen LogP contribution in [0.15, 0.2) is 12.2 Å². The predicted octanol–water partition coefficient (Wildman–Crippen LogP) is 2.20. The molecule has 0 spiro atoms. The maximum absolute atomic E-state index is 11.8. The fraction of sp³-hybridized carbons (Fsp3) is 0.643. The third-order valence-electron chi connectivity index (χ3n) is 3.84. The molecular formula is C14H20O3. The van der Waals surface area contributed by atoms with E-state index in [0.717, 1.165) is 19.1 Å². The van der Waals surface area contributed by atoms with Gasteiger partial charge >= 0.3 is 0 Å². The van der Waals surface area contributed by atoms with E-state index >= 15 is 0 Å². The van der Waals surface area contributed by atoms with Gasteiger partial charge in [-0.05, 0) is 43.8 Å². The van der Waals surface area contributed by atoms with Crippen LogP contribution in [-0.4, -0.2) is 17.9 Å². The molecule has 0 N–H and O–H groups in total. The van der Waals surface area contributed by atoms with Crippen molar-refractivity contribution >= 4 is 17.9 Å². The summed E-state index contributed by atoms with van der Waals surface area (Å²) in [5, 5.41) is 0. The van der Waals surface area contributed by atoms with Crippen LogP contribution in [0.25, 0.3) is 0 Å². The van der Waals surface area contributed by atoms with Crippen LogP contribution in [0.3, 0.4) is 0 Å². The number of hydrogen-bond acceptors (Lipinski definition) is 3. The molecule has 0 aromatic rings. The molecule has 1 aliphatic carbocycles. The lowest BCUT2D eigenvalue weighted by Crippen LogP contribution is -2.25. The maximum Gasteiger partial charge on any atom is 0.158 e. The number of aldehydes is 1. The van der Waals surface area contributed by atoms with Crippen molar-refractivity contribution in [2.24, 2.45) is 23.7 Å². The molecular weight excluding hydrogens is 216 g/mol. The van der Waals surface area contributed by atoms with E-state index in [1.165, 1.54) is 19.1 Å². The summed E-state index contributed by atoms with van der Waals surface area (Å²) in [4.78, 5) is 33.7. The summed E-state index contributed by atoms with van der Waals surface area (Å²) in [5.41, 5.74) is 0. The lowest BCUT2D eigenvalue weighted by atomic mass is 9.81. The maximum atomic E-state index is 11.8. The van der Waals surface area contributed by atoms with Gasteiger partial charge in [-0.3, -0.25) is 9.59 Å². The van der Waals surface area contributed by atoms with E-state index in [2.05, 4.69) is 6.92 Å². The number of ketones is 2. The molecule has 17 heavy (non-hydrogen) atoms. The average Bonchev–Trinajstić information content (AvgIpc) is 2.66. The van der Waals surface area contributed by atoms with Gasteiger partial charge in [0.05, 0.1) is 0 Å². The van der Waals surface area contributed by atoms with Crippen molar-refractivity contribution in [1.29, 1.82) is 0 Å². The summed E-state index contributed by atoms with van der Waals surface area (Å²) < 4.78 is 0. The van der Waals surface area contributed by atoms with Crippen LogP contribution >= 0.6 is 0 Å². The Morgan fingerprint density at radius 3 is 2.41 bits per heavy atom. The molecule has 0 amide bonds. The molecule has 0 aliphatic heterocycles. The summed E-state index contributed by atoms with van der Waals surface area (Å²) in [5.74, 6) is 0.130. The minimum Gasteiger partial charge on any atom is -0.303 e. The molecule has 1 fully saturated rings. The highest BCUT2D eigenvalue weighted by atomic mass is 16.1. The molecule has 1 saturated carbocycles. The van der Waals surface area contributed by atoms with E-state index in [0.29, 0.717) is 5.92 Å². The fourth-order valence-electron chi connectivity index (χ4n) is 2.64. The highest BCUT2D eigenvalue weighted by Crippen LogP contribution is 2.40. The summed E-state index contributed by atoms with van der Waals surface area (Å²) in [7, 11) is 0. The van der Waals surface area contributed by atoms with Crippen LogP contribution in [0.5, 0.6) is 0 Å². The van der Waals surface area contributed by atoms with Crippen LogP contribution in [0.1, 0.15) is 33.6 Å². The van der Waals surface area contributed by atoms with E-state index in [9.17, 15) is 14.4 Å². The van der Waals surface area contributed by atoms with Gasteiger partial charge < -0.3 is 4.79 Å². The molecule has 3 nitrogen and oxygen atoms in total. The van der Waals surface area contributed by atoms with Crippen molar-refractivity contribution in [1.82, 2.24) is 0 Å². The van der Waals surface area contributed by atoms with Crippen molar-refractivity contribution in [2.45, 2.75) is 33.6 Å². The summed E-state index contributed by atoms with van der Waals surface area (Å²) in [6.45, 7) is 5.33. The highest BCUT2D eigenvalue weighted by molar-refractivity contribution is 5.98. The number of carbonyl (C=O) groups excluding carboxylic acids is 3. The van der Waals surface area contributed by atoms with E-state index in [1.54, 1.807) is 0 Å². The van der Waals surface area contributed by atoms with Crippen molar-refractivity contribution in [3.05, 3.63) is 12.2 Å². The van der Waals surface area contributed by atoms with E-state index < -0.39 is 0 Å². The molecule has 1 aliphatic rings. The Hall–Kier alpha value is -1.25. The molecule has 0 bridgehead atoms. The molecule has 1 rings (SSSR count). The second-order valence-corrected chi connectivity index (χ2v) is 5.07. The SMILES string of the molecule is CC(=O)/C=C/C(=O)C(C)C1CCC(C)[C@H]1C=O. The molecule has 4 atom stereocenters. The fourth-order valence-corrected chi connectivity index (χ4v) is 2.64. The monoisotopic (exact) mass is 236 g/mol. The van der Waals surface area contributed by atoms with Crippen molar-refractivity contribution in [3.63, 3.8) is 0 Å². The Morgan fingerprint density at radius 2 is 1.88 bits per heavy atom. The third kappa shape index (κ3) is 3.35. The van der Waals surface area contributed by atoms with Gasteiger partial charge in [0, 0.05) is 11.8 Å². The Bertz CT molecular complexity index is 343. The van der Waals surface area contributed by atoms with Crippen molar-refractivity contribution < 1.29 is 14.4 Å². The van der Waals surface area contributed by atoms with Gasteiger partial charge in [-0.15, -0.1) is 0 Å². The van der Waals surface area contributed by atoms with Gasteiger partial charge in [0.25, 0.3) is 0 Å². The topological polar surface area (TPSA) is 51.2 Å². The normalized spacial score (nSPS) is 30.4. The van der Waals surface area contributed by atoms with Crippen LogP contribution in [0.4, 0.5) is 0 Å². The Kier molecular flexibility index (Phi) is 4.79. The number of hydrogen-bond donors (Lipinski definition) is 0. The van der Waals surface area contributed by atoms with Crippen LogP contribution in [0, 0.1) is 23.7 Å². The van der Waals surface area contributed by atoms with Crippen LogP contribution in [0.2, 0.25) is 0 Å². The Balaban J connectivity index is 2.69. The Labute approximate surface area is 102 Å². The minimum atomic E-state index is -0.175. The average molecular weight is 236 g/mol. The van der Waals surface area contributed by atoms with E-state index in [1.807, 2.05) is 6.92 Å². The summed E-state index contributed by atoms with van der Waals surface area (Å²) in [6.07, 6.45) is 5.55. The molecule has 0 aromatic carbocycles. The number of carbonyl (C=O) groups is 3. The molecule has 0 heterocycles. The first kappa shape index (κ1) is 13.8. The van der Waals surface area contributed by atoms with E-state index in [-0.39, 0.29) is 29.3 Å². The zero-order chi connectivity index (χ0) is 13.0. The van der Waals surface area contributed by atoms with Gasteiger partial charge in [-0.25, -0.2) is 0 Å². The van der Waals surface area contributed by atoms with E-state index in [4.69, 9.17) is 0 Å². The molecule has 0 aromatic heterocycles. The standard InChI is InChI=1S/C14H20O3/c1-9-4-6-12(13(9)8-15)11(3)14(17)7-5-10(2)16/h5,7-9,11-13H,4,6H2,1-3H3/b7-5+/t9?,11?,12?,13-/m1/s1. The predicted molar refractivity (Wildman–Crippen MR) is 65.4 cm³/mol. The third-order valence-corrected chi connectivity index (χ3v) is 3.84. The van der Waals surface area contributed by atoms with Gasteiger partial charge in [-0.1, -0.05) is 13.8 Å². The van der Waals surface area contributed by atoms with Gasteiger partial charge in [0.2, 0.25) is 0 Å². The molecule has 3 heteroatoms. The van der Waals surface area contributed by atoms with Crippen LogP contribution < -0.4 is 0 Å².